The Balaban J connectivity index is 2.67. The third-order valence-electron chi connectivity index (χ3n) is 2.59. The van der Waals surface area contributed by atoms with Crippen molar-refractivity contribution < 1.29 is 17.6 Å². The summed E-state index contributed by atoms with van der Waals surface area (Å²) in [7, 11) is 0. The lowest BCUT2D eigenvalue weighted by Gasteiger charge is -2.12. The summed E-state index contributed by atoms with van der Waals surface area (Å²) in [5.74, 6) is -1.88. The predicted molar refractivity (Wildman–Crippen MR) is 66.8 cm³/mol. The Morgan fingerprint density at radius 1 is 1.32 bits per heavy atom. The fraction of sp³-hybridized carbons (Fsp3) is 0.429. The molecule has 0 bridgehead atoms. The molecule has 0 fully saturated rings. The zero-order chi connectivity index (χ0) is 14.3. The summed E-state index contributed by atoms with van der Waals surface area (Å²) in [5, 5.41) is 2.74. The Morgan fingerprint density at radius 2 is 2.05 bits per heavy atom. The van der Waals surface area contributed by atoms with Gasteiger partial charge in [0.05, 0.1) is 0 Å². The van der Waals surface area contributed by atoms with Crippen molar-refractivity contribution in [3.63, 3.8) is 0 Å². The van der Waals surface area contributed by atoms with Crippen molar-refractivity contribution in [2.24, 2.45) is 0 Å². The van der Waals surface area contributed by atoms with Gasteiger partial charge in [-0.05, 0) is 12.5 Å². The van der Waals surface area contributed by atoms with Crippen molar-refractivity contribution in [1.29, 1.82) is 0 Å². The van der Waals surface area contributed by atoms with E-state index >= 15 is 0 Å². The van der Waals surface area contributed by atoms with Gasteiger partial charge in [-0.15, -0.1) is 0 Å². The van der Waals surface area contributed by atoms with Gasteiger partial charge < -0.3 is 5.32 Å². The summed E-state index contributed by atoms with van der Waals surface area (Å²) < 4.78 is 51.1. The smallest absolute Gasteiger partial charge is 0.244 e. The normalized spacial score (nSPS) is 12.0. The maximum absolute atomic E-state index is 13.4. The molecule has 0 aliphatic heterocycles. The molecule has 0 aliphatic rings. The van der Waals surface area contributed by atoms with E-state index in [4.69, 9.17) is 0 Å². The molecule has 106 valence electrons. The fourth-order valence-corrected chi connectivity index (χ4v) is 1.61. The molecule has 0 radical (unpaired) electrons. The van der Waals surface area contributed by atoms with Crippen molar-refractivity contribution in [2.45, 2.75) is 39.2 Å². The largest absolute Gasteiger partial charge is 0.384 e. The quantitative estimate of drug-likeness (QED) is 0.727. The monoisotopic (exact) mass is 275 g/mol. The second-order valence-electron chi connectivity index (χ2n) is 4.18. The van der Waals surface area contributed by atoms with E-state index in [1.165, 1.54) is 12.1 Å². The summed E-state index contributed by atoms with van der Waals surface area (Å²) in [5.41, 5.74) is 0.483. The predicted octanol–water partition coefficient (Wildman–Crippen LogP) is 4.39. The van der Waals surface area contributed by atoms with Crippen LogP contribution in [0.3, 0.4) is 0 Å². The summed E-state index contributed by atoms with van der Waals surface area (Å²) in [6.07, 6.45) is 0.303. The van der Waals surface area contributed by atoms with E-state index in [0.717, 1.165) is 12.5 Å². The van der Waals surface area contributed by atoms with Crippen LogP contribution in [0.2, 0.25) is 0 Å². The molecule has 0 atom stereocenters. The van der Waals surface area contributed by atoms with Crippen LogP contribution >= 0.6 is 0 Å². The van der Waals surface area contributed by atoms with E-state index in [9.17, 15) is 17.6 Å². The molecule has 1 aromatic rings. The Kier molecular flexibility index (Phi) is 6.39. The number of halogens is 4. The first kappa shape index (κ1) is 15.5. The maximum atomic E-state index is 13.4. The van der Waals surface area contributed by atoms with Crippen LogP contribution in [0.4, 0.5) is 17.6 Å². The van der Waals surface area contributed by atoms with E-state index < -0.39 is 24.5 Å². The van der Waals surface area contributed by atoms with Gasteiger partial charge in [-0.2, -0.15) is 0 Å². The fourth-order valence-electron chi connectivity index (χ4n) is 1.61. The van der Waals surface area contributed by atoms with Crippen LogP contribution in [0, 0.1) is 11.6 Å². The van der Waals surface area contributed by atoms with Crippen molar-refractivity contribution >= 4 is 0 Å². The van der Waals surface area contributed by atoms with Crippen LogP contribution in [-0.4, -0.2) is 6.43 Å². The average molecular weight is 275 g/mol. The first-order chi connectivity index (χ1) is 9.04. The molecule has 0 aromatic heterocycles. The number of hydrogen-bond donors (Lipinski definition) is 1. The lowest BCUT2D eigenvalue weighted by atomic mass is 10.2. The molecule has 0 saturated carbocycles. The number of rotatable bonds is 7. The highest BCUT2D eigenvalue weighted by Gasteiger charge is 2.10. The van der Waals surface area contributed by atoms with Gasteiger partial charge in [0.15, 0.2) is 11.6 Å². The second-order valence-corrected chi connectivity index (χ2v) is 4.18. The molecule has 1 rings (SSSR count). The number of allylic oxidation sites excluding steroid dienone is 2. The lowest BCUT2D eigenvalue weighted by molar-refractivity contribution is 0.146. The number of benzene rings is 1. The van der Waals surface area contributed by atoms with Crippen molar-refractivity contribution in [3.8, 4) is 0 Å². The Hall–Kier alpha value is -1.52. The van der Waals surface area contributed by atoms with Crippen LogP contribution in [0.25, 0.3) is 0 Å². The SMILES string of the molecule is CCC/C=C(/CC(F)F)NCc1cccc(F)c1F. The highest BCUT2D eigenvalue weighted by molar-refractivity contribution is 5.19. The zero-order valence-electron chi connectivity index (χ0n) is 10.7. The molecular weight excluding hydrogens is 258 g/mol. The van der Waals surface area contributed by atoms with Crippen molar-refractivity contribution in [2.75, 3.05) is 0 Å². The first-order valence-electron chi connectivity index (χ1n) is 6.18. The van der Waals surface area contributed by atoms with Gasteiger partial charge in [0.2, 0.25) is 6.43 Å². The number of unbranched alkanes of at least 4 members (excludes halogenated alkanes) is 1. The first-order valence-corrected chi connectivity index (χ1v) is 6.18. The number of nitrogens with one attached hydrogen (secondary N) is 1. The molecule has 19 heavy (non-hydrogen) atoms. The molecule has 1 N–H and O–H groups in total. The molecule has 0 unspecified atom stereocenters. The molecule has 0 heterocycles. The third-order valence-corrected chi connectivity index (χ3v) is 2.59. The highest BCUT2D eigenvalue weighted by Crippen LogP contribution is 2.14. The minimum absolute atomic E-state index is 0.00807. The van der Waals surface area contributed by atoms with Crippen LogP contribution in [0.1, 0.15) is 31.7 Å². The van der Waals surface area contributed by atoms with Crippen LogP contribution in [0.15, 0.2) is 30.0 Å². The Labute approximate surface area is 110 Å². The standard InChI is InChI=1S/C14H17F4N/c1-2-3-6-11(8-13(16)17)19-9-10-5-4-7-12(15)14(10)18/h4-7,13,19H,2-3,8-9H2,1H3/b11-6-. The van der Waals surface area contributed by atoms with Gasteiger partial charge >= 0.3 is 0 Å². The van der Waals surface area contributed by atoms with E-state index in [1.54, 1.807) is 6.08 Å². The molecule has 1 nitrogen and oxygen atoms in total. The number of hydrogen-bond acceptors (Lipinski definition) is 1. The molecule has 1 aromatic carbocycles. The van der Waals surface area contributed by atoms with E-state index in [0.29, 0.717) is 12.1 Å². The Bertz CT molecular complexity index is 429. The van der Waals surface area contributed by atoms with Gasteiger partial charge in [0.25, 0.3) is 0 Å². The zero-order valence-corrected chi connectivity index (χ0v) is 10.7. The molecule has 0 amide bonds. The van der Waals surface area contributed by atoms with Crippen LogP contribution in [0.5, 0.6) is 0 Å². The second kappa shape index (κ2) is 7.81. The Morgan fingerprint density at radius 3 is 2.68 bits per heavy atom. The molecule has 0 spiro atoms. The van der Waals surface area contributed by atoms with Crippen molar-refractivity contribution in [3.05, 3.63) is 47.2 Å². The van der Waals surface area contributed by atoms with Crippen LogP contribution in [-0.2, 0) is 6.54 Å². The lowest BCUT2D eigenvalue weighted by Crippen LogP contribution is -2.16. The minimum atomic E-state index is -2.46. The van der Waals surface area contributed by atoms with Gasteiger partial charge in [0, 0.05) is 24.2 Å². The topological polar surface area (TPSA) is 12.0 Å². The van der Waals surface area contributed by atoms with E-state index in [1.807, 2.05) is 6.92 Å². The summed E-state index contributed by atoms with van der Waals surface area (Å²) in [4.78, 5) is 0. The van der Waals surface area contributed by atoms with Crippen molar-refractivity contribution in [1.82, 2.24) is 5.32 Å². The molecule has 5 heteroatoms. The van der Waals surface area contributed by atoms with E-state index in [2.05, 4.69) is 5.32 Å². The summed E-state index contributed by atoms with van der Waals surface area (Å²) >= 11 is 0. The number of alkyl halides is 2. The van der Waals surface area contributed by atoms with E-state index in [-0.39, 0.29) is 12.1 Å². The molecule has 0 aliphatic carbocycles. The summed E-state index contributed by atoms with van der Waals surface area (Å²) in [6, 6.07) is 3.83. The van der Waals surface area contributed by atoms with Gasteiger partial charge in [-0.25, -0.2) is 17.6 Å². The van der Waals surface area contributed by atoms with Gasteiger partial charge in [-0.1, -0.05) is 31.6 Å². The summed E-state index contributed by atoms with van der Waals surface area (Å²) in [6.45, 7) is 1.93. The maximum Gasteiger partial charge on any atom is 0.244 e. The van der Waals surface area contributed by atoms with Gasteiger partial charge in [0.1, 0.15) is 0 Å². The molecular formula is C14H17F4N. The minimum Gasteiger partial charge on any atom is -0.384 e. The highest BCUT2D eigenvalue weighted by atomic mass is 19.3. The van der Waals surface area contributed by atoms with Gasteiger partial charge in [-0.3, -0.25) is 0 Å². The van der Waals surface area contributed by atoms with Crippen LogP contribution < -0.4 is 5.32 Å². The molecule has 0 saturated heterocycles. The average Bonchev–Trinajstić information content (AvgIpc) is 2.36. The third kappa shape index (κ3) is 5.32.